The van der Waals surface area contributed by atoms with Gasteiger partial charge in [-0.25, -0.2) is 0 Å². The van der Waals surface area contributed by atoms with Gasteiger partial charge in [0.2, 0.25) is 0 Å². The van der Waals surface area contributed by atoms with E-state index >= 15 is 0 Å². The number of carbonyl (C=O) groups is 1. The summed E-state index contributed by atoms with van der Waals surface area (Å²) in [5.74, 6) is 0.214. The molecule has 0 aliphatic carbocycles. The predicted molar refractivity (Wildman–Crippen MR) is 85.8 cm³/mol. The highest BCUT2D eigenvalue weighted by molar-refractivity contribution is 5.97. The maximum Gasteiger partial charge on any atom is 0.176 e. The van der Waals surface area contributed by atoms with Crippen LogP contribution in [0.4, 0.5) is 0 Å². The molecule has 1 aromatic carbocycles. The zero-order chi connectivity index (χ0) is 15.2. The Kier molecular flexibility index (Phi) is 5.95. The lowest BCUT2D eigenvalue weighted by Crippen LogP contribution is -2.50. The third-order valence-corrected chi connectivity index (χ3v) is 4.21. The lowest BCUT2D eigenvalue weighted by atomic mass is 10.0. The van der Waals surface area contributed by atoms with Crippen molar-refractivity contribution in [3.05, 3.63) is 35.4 Å². The van der Waals surface area contributed by atoms with Crippen LogP contribution in [0.5, 0.6) is 0 Å². The number of rotatable bonds is 6. The monoisotopic (exact) mass is 289 g/mol. The molecule has 1 heterocycles. The Balaban J connectivity index is 1.99. The molecular formula is C18H27NO2. The van der Waals surface area contributed by atoms with E-state index < -0.39 is 0 Å². The predicted octanol–water partition coefficient (Wildman–Crippen LogP) is 3.32. The molecule has 3 heteroatoms. The van der Waals surface area contributed by atoms with Crippen LogP contribution >= 0.6 is 0 Å². The fourth-order valence-electron chi connectivity index (χ4n) is 2.90. The molecule has 1 saturated heterocycles. The normalized spacial score (nSPS) is 23.2. The van der Waals surface area contributed by atoms with Crippen molar-refractivity contribution in [3.63, 3.8) is 0 Å². The highest BCUT2D eigenvalue weighted by Crippen LogP contribution is 2.16. The van der Waals surface area contributed by atoms with Crippen molar-refractivity contribution >= 4 is 5.78 Å². The van der Waals surface area contributed by atoms with Crippen molar-refractivity contribution in [3.8, 4) is 0 Å². The van der Waals surface area contributed by atoms with Crippen LogP contribution in [0.3, 0.4) is 0 Å². The first-order valence-electron chi connectivity index (χ1n) is 8.11. The highest BCUT2D eigenvalue weighted by Gasteiger charge is 2.27. The molecule has 2 atom stereocenters. The van der Waals surface area contributed by atoms with Crippen molar-refractivity contribution in [2.45, 2.75) is 52.2 Å². The van der Waals surface area contributed by atoms with E-state index in [1.165, 1.54) is 5.56 Å². The van der Waals surface area contributed by atoms with Crippen LogP contribution in [0, 0.1) is 0 Å². The Morgan fingerprint density at radius 3 is 2.62 bits per heavy atom. The van der Waals surface area contributed by atoms with Crippen molar-refractivity contribution in [1.82, 2.24) is 4.90 Å². The molecular weight excluding hydrogens is 262 g/mol. The van der Waals surface area contributed by atoms with Gasteiger partial charge >= 0.3 is 0 Å². The van der Waals surface area contributed by atoms with Crippen molar-refractivity contribution in [2.24, 2.45) is 0 Å². The van der Waals surface area contributed by atoms with Gasteiger partial charge in [-0.15, -0.1) is 0 Å². The number of carbonyl (C=O) groups excluding carboxylic acids is 1. The quantitative estimate of drug-likeness (QED) is 0.752. The number of aryl methyl sites for hydroxylation is 1. The summed E-state index contributed by atoms with van der Waals surface area (Å²) in [6.45, 7) is 8.48. The Morgan fingerprint density at radius 2 is 2.00 bits per heavy atom. The molecule has 2 unspecified atom stereocenters. The Labute approximate surface area is 128 Å². The SMILES string of the molecule is CCCc1ccc(C(=O)CN2CC(C)OCC2CC)cc1. The van der Waals surface area contributed by atoms with Crippen LogP contribution in [0.15, 0.2) is 24.3 Å². The summed E-state index contributed by atoms with van der Waals surface area (Å²) in [4.78, 5) is 14.7. The maximum absolute atomic E-state index is 12.5. The van der Waals surface area contributed by atoms with E-state index in [1.807, 2.05) is 12.1 Å². The summed E-state index contributed by atoms with van der Waals surface area (Å²) in [7, 11) is 0. The van der Waals surface area contributed by atoms with E-state index in [2.05, 4.69) is 37.8 Å². The molecule has 0 radical (unpaired) electrons. The first-order valence-corrected chi connectivity index (χ1v) is 8.11. The van der Waals surface area contributed by atoms with E-state index in [-0.39, 0.29) is 11.9 Å². The first-order chi connectivity index (χ1) is 10.1. The molecule has 0 bridgehead atoms. The number of hydrogen-bond acceptors (Lipinski definition) is 3. The van der Waals surface area contributed by atoms with Gasteiger partial charge in [-0.1, -0.05) is 44.5 Å². The van der Waals surface area contributed by atoms with Crippen LogP contribution in [-0.4, -0.2) is 42.5 Å². The molecule has 1 fully saturated rings. The maximum atomic E-state index is 12.5. The van der Waals surface area contributed by atoms with E-state index in [1.54, 1.807) is 0 Å². The molecule has 0 saturated carbocycles. The second-order valence-corrected chi connectivity index (χ2v) is 6.01. The van der Waals surface area contributed by atoms with Gasteiger partial charge in [-0.05, 0) is 25.3 Å². The molecule has 0 aromatic heterocycles. The van der Waals surface area contributed by atoms with E-state index in [0.717, 1.165) is 38.0 Å². The summed E-state index contributed by atoms with van der Waals surface area (Å²) in [6, 6.07) is 8.46. The molecule has 21 heavy (non-hydrogen) atoms. The Hall–Kier alpha value is -1.19. The number of ether oxygens (including phenoxy) is 1. The minimum Gasteiger partial charge on any atom is -0.376 e. The Morgan fingerprint density at radius 1 is 1.29 bits per heavy atom. The standard InChI is InChI=1S/C18H27NO2/c1-4-6-15-7-9-16(10-8-15)18(20)12-19-11-14(3)21-13-17(19)5-2/h7-10,14,17H,4-6,11-13H2,1-3H3. The van der Waals surface area contributed by atoms with Gasteiger partial charge in [0, 0.05) is 18.2 Å². The summed E-state index contributed by atoms with van der Waals surface area (Å²) in [6.07, 6.45) is 3.45. The van der Waals surface area contributed by atoms with Crippen LogP contribution in [0.2, 0.25) is 0 Å². The topological polar surface area (TPSA) is 29.5 Å². The highest BCUT2D eigenvalue weighted by atomic mass is 16.5. The second kappa shape index (κ2) is 7.71. The van der Waals surface area contributed by atoms with E-state index in [0.29, 0.717) is 12.6 Å². The minimum atomic E-state index is 0.214. The van der Waals surface area contributed by atoms with Gasteiger partial charge in [-0.3, -0.25) is 9.69 Å². The average molecular weight is 289 g/mol. The zero-order valence-electron chi connectivity index (χ0n) is 13.5. The lowest BCUT2D eigenvalue weighted by Gasteiger charge is -2.37. The smallest absolute Gasteiger partial charge is 0.176 e. The molecule has 0 amide bonds. The van der Waals surface area contributed by atoms with Crippen molar-refractivity contribution in [2.75, 3.05) is 19.7 Å². The third-order valence-electron chi connectivity index (χ3n) is 4.21. The first kappa shape index (κ1) is 16.2. The molecule has 1 aliphatic rings. The molecule has 1 aliphatic heterocycles. The molecule has 0 spiro atoms. The molecule has 2 rings (SSSR count). The average Bonchev–Trinajstić information content (AvgIpc) is 2.48. The number of benzene rings is 1. The van der Waals surface area contributed by atoms with Crippen LogP contribution in [-0.2, 0) is 11.2 Å². The lowest BCUT2D eigenvalue weighted by molar-refractivity contribution is -0.0523. The summed E-state index contributed by atoms with van der Waals surface area (Å²) in [5.41, 5.74) is 2.13. The minimum absolute atomic E-state index is 0.214. The van der Waals surface area contributed by atoms with Gasteiger partial charge in [0.15, 0.2) is 5.78 Å². The summed E-state index contributed by atoms with van der Waals surface area (Å²) in [5, 5.41) is 0. The largest absolute Gasteiger partial charge is 0.376 e. The zero-order valence-corrected chi connectivity index (χ0v) is 13.5. The molecule has 1 aromatic rings. The Bertz CT molecular complexity index is 455. The molecule has 3 nitrogen and oxygen atoms in total. The van der Waals surface area contributed by atoms with E-state index in [4.69, 9.17) is 4.74 Å². The van der Waals surface area contributed by atoms with Crippen molar-refractivity contribution < 1.29 is 9.53 Å². The van der Waals surface area contributed by atoms with Gasteiger partial charge in [-0.2, -0.15) is 0 Å². The number of ketones is 1. The van der Waals surface area contributed by atoms with Gasteiger partial charge in [0.1, 0.15) is 0 Å². The van der Waals surface area contributed by atoms with Crippen molar-refractivity contribution in [1.29, 1.82) is 0 Å². The second-order valence-electron chi connectivity index (χ2n) is 6.01. The van der Waals surface area contributed by atoms with Gasteiger partial charge < -0.3 is 4.74 Å². The summed E-state index contributed by atoms with van der Waals surface area (Å²) < 4.78 is 5.69. The van der Waals surface area contributed by atoms with E-state index in [9.17, 15) is 4.79 Å². The molecule has 116 valence electrons. The van der Waals surface area contributed by atoms with Gasteiger partial charge in [0.25, 0.3) is 0 Å². The fourth-order valence-corrected chi connectivity index (χ4v) is 2.90. The number of Topliss-reactive ketones (excluding diaryl/α,β-unsaturated/α-hetero) is 1. The fraction of sp³-hybridized carbons (Fsp3) is 0.611. The van der Waals surface area contributed by atoms with Crippen LogP contribution in [0.1, 0.15) is 49.5 Å². The van der Waals surface area contributed by atoms with Crippen LogP contribution in [0.25, 0.3) is 0 Å². The third kappa shape index (κ3) is 4.39. The summed E-state index contributed by atoms with van der Waals surface area (Å²) >= 11 is 0. The number of morpholine rings is 1. The van der Waals surface area contributed by atoms with Gasteiger partial charge in [0.05, 0.1) is 19.3 Å². The number of hydrogen-bond donors (Lipinski definition) is 0. The van der Waals surface area contributed by atoms with Crippen LogP contribution < -0.4 is 0 Å². The molecule has 0 N–H and O–H groups in total. The number of nitrogens with zero attached hydrogens (tertiary/aromatic N) is 1.